The fourth-order valence-electron chi connectivity index (χ4n) is 3.64. The molecule has 23 heavy (non-hydrogen) atoms. The number of imide groups is 1. The molecule has 120 valence electrons. The molecule has 3 N–H and O–H groups in total. The lowest BCUT2D eigenvalue weighted by molar-refractivity contribution is -0.132. The van der Waals surface area contributed by atoms with Crippen molar-refractivity contribution in [2.45, 2.75) is 24.8 Å². The SMILES string of the molecule is O=C1NC2(CCNCC2)C(=O)N1CCc1c[nH]c2ccccc12. The Morgan fingerprint density at radius 3 is 2.74 bits per heavy atom. The second-order valence-corrected chi connectivity index (χ2v) is 6.33. The number of hydrogen-bond donors (Lipinski definition) is 3. The Labute approximate surface area is 134 Å². The van der Waals surface area contributed by atoms with Crippen molar-refractivity contribution in [3.05, 3.63) is 36.0 Å². The van der Waals surface area contributed by atoms with E-state index in [1.807, 2.05) is 24.4 Å². The minimum Gasteiger partial charge on any atom is -0.361 e. The van der Waals surface area contributed by atoms with Crippen LogP contribution in [-0.4, -0.2) is 47.0 Å². The molecule has 4 rings (SSSR count). The summed E-state index contributed by atoms with van der Waals surface area (Å²) in [5.74, 6) is -0.0659. The van der Waals surface area contributed by atoms with Gasteiger partial charge in [-0.15, -0.1) is 0 Å². The summed E-state index contributed by atoms with van der Waals surface area (Å²) in [6.07, 6.45) is 3.96. The Morgan fingerprint density at radius 2 is 1.91 bits per heavy atom. The van der Waals surface area contributed by atoms with Gasteiger partial charge in [0.05, 0.1) is 0 Å². The molecule has 1 aromatic carbocycles. The zero-order valence-electron chi connectivity index (χ0n) is 12.9. The predicted molar refractivity (Wildman–Crippen MR) is 87.1 cm³/mol. The second kappa shape index (κ2) is 5.38. The van der Waals surface area contributed by atoms with E-state index in [1.54, 1.807) is 0 Å². The normalized spacial score (nSPS) is 20.4. The van der Waals surface area contributed by atoms with Crippen LogP contribution in [-0.2, 0) is 11.2 Å². The number of rotatable bonds is 3. The van der Waals surface area contributed by atoms with Gasteiger partial charge in [0.15, 0.2) is 0 Å². The number of nitrogens with zero attached hydrogens (tertiary/aromatic N) is 1. The molecule has 0 bridgehead atoms. The number of aromatic nitrogens is 1. The van der Waals surface area contributed by atoms with Crippen molar-refractivity contribution in [3.63, 3.8) is 0 Å². The quantitative estimate of drug-likeness (QED) is 0.750. The first-order chi connectivity index (χ1) is 11.2. The van der Waals surface area contributed by atoms with Crippen molar-refractivity contribution in [2.75, 3.05) is 19.6 Å². The third-order valence-corrected chi connectivity index (χ3v) is 4.98. The molecule has 2 fully saturated rings. The molecule has 6 heteroatoms. The minimum atomic E-state index is -0.678. The first kappa shape index (κ1) is 14.3. The van der Waals surface area contributed by atoms with Gasteiger partial charge in [-0.05, 0) is 44.0 Å². The molecule has 3 heterocycles. The number of hydrogen-bond acceptors (Lipinski definition) is 3. The summed E-state index contributed by atoms with van der Waals surface area (Å²) in [7, 11) is 0. The molecule has 2 aliphatic rings. The number of aromatic amines is 1. The van der Waals surface area contributed by atoms with Crippen LogP contribution in [0.15, 0.2) is 30.5 Å². The van der Waals surface area contributed by atoms with Gasteiger partial charge in [0.25, 0.3) is 5.91 Å². The van der Waals surface area contributed by atoms with Crippen molar-refractivity contribution in [2.24, 2.45) is 0 Å². The van der Waals surface area contributed by atoms with E-state index in [0.29, 0.717) is 25.8 Å². The zero-order chi connectivity index (χ0) is 15.9. The lowest BCUT2D eigenvalue weighted by atomic mass is 9.88. The molecule has 3 amide bonds. The van der Waals surface area contributed by atoms with Crippen molar-refractivity contribution in [1.82, 2.24) is 20.5 Å². The van der Waals surface area contributed by atoms with Crippen LogP contribution in [0.1, 0.15) is 18.4 Å². The molecule has 1 spiro atoms. The maximum atomic E-state index is 12.7. The summed E-state index contributed by atoms with van der Waals surface area (Å²) >= 11 is 0. The number of piperidine rings is 1. The van der Waals surface area contributed by atoms with Crippen molar-refractivity contribution in [1.29, 1.82) is 0 Å². The Morgan fingerprint density at radius 1 is 1.13 bits per heavy atom. The number of benzene rings is 1. The average Bonchev–Trinajstić information content (AvgIpc) is 3.07. The number of urea groups is 1. The summed E-state index contributed by atoms with van der Waals surface area (Å²) < 4.78 is 0. The third-order valence-electron chi connectivity index (χ3n) is 4.98. The predicted octanol–water partition coefficient (Wildman–Crippen LogP) is 1.38. The summed E-state index contributed by atoms with van der Waals surface area (Å²) in [6.45, 7) is 1.95. The maximum Gasteiger partial charge on any atom is 0.325 e. The molecular weight excluding hydrogens is 292 g/mol. The van der Waals surface area contributed by atoms with E-state index < -0.39 is 5.54 Å². The maximum absolute atomic E-state index is 12.7. The molecule has 0 aliphatic carbocycles. The third kappa shape index (κ3) is 2.30. The lowest BCUT2D eigenvalue weighted by Gasteiger charge is -2.31. The monoisotopic (exact) mass is 312 g/mol. The highest BCUT2D eigenvalue weighted by molar-refractivity contribution is 6.07. The van der Waals surface area contributed by atoms with E-state index in [9.17, 15) is 9.59 Å². The van der Waals surface area contributed by atoms with Crippen molar-refractivity contribution < 1.29 is 9.59 Å². The zero-order valence-corrected chi connectivity index (χ0v) is 12.9. The first-order valence-electron chi connectivity index (χ1n) is 8.09. The standard InChI is InChI=1S/C17H20N4O2/c22-15-17(6-8-18-9-7-17)20-16(23)21(15)10-5-12-11-19-14-4-2-1-3-13(12)14/h1-4,11,18-19H,5-10H2,(H,20,23). The van der Waals surface area contributed by atoms with Crippen LogP contribution >= 0.6 is 0 Å². The number of para-hydroxylation sites is 1. The fraction of sp³-hybridized carbons (Fsp3) is 0.412. The van der Waals surface area contributed by atoms with Crippen molar-refractivity contribution >= 4 is 22.8 Å². The van der Waals surface area contributed by atoms with Gasteiger partial charge in [0.2, 0.25) is 0 Å². The number of carbonyl (C=O) groups excluding carboxylic acids is 2. The molecule has 0 unspecified atom stereocenters. The van der Waals surface area contributed by atoms with Gasteiger partial charge in [-0.25, -0.2) is 4.79 Å². The van der Waals surface area contributed by atoms with Crippen molar-refractivity contribution in [3.8, 4) is 0 Å². The highest BCUT2D eigenvalue weighted by Crippen LogP contribution is 2.27. The largest absolute Gasteiger partial charge is 0.361 e. The van der Waals surface area contributed by atoms with Crippen LogP contribution in [0, 0.1) is 0 Å². The van der Waals surface area contributed by atoms with E-state index in [1.165, 1.54) is 4.90 Å². The molecule has 2 aliphatic heterocycles. The lowest BCUT2D eigenvalue weighted by Crippen LogP contribution is -2.53. The Balaban J connectivity index is 1.50. The van der Waals surface area contributed by atoms with Gasteiger partial charge in [0, 0.05) is 23.6 Å². The fourth-order valence-corrected chi connectivity index (χ4v) is 3.64. The van der Waals surface area contributed by atoms with Gasteiger partial charge >= 0.3 is 6.03 Å². The van der Waals surface area contributed by atoms with E-state index in [2.05, 4.69) is 21.7 Å². The average molecular weight is 312 g/mol. The van der Waals surface area contributed by atoms with E-state index in [0.717, 1.165) is 29.6 Å². The first-order valence-corrected chi connectivity index (χ1v) is 8.09. The van der Waals surface area contributed by atoms with Crippen LogP contribution in [0.25, 0.3) is 10.9 Å². The van der Waals surface area contributed by atoms with Gasteiger partial charge in [-0.3, -0.25) is 9.69 Å². The number of fused-ring (bicyclic) bond motifs is 1. The molecule has 1 aromatic heterocycles. The van der Waals surface area contributed by atoms with E-state index in [-0.39, 0.29) is 11.9 Å². The molecule has 0 radical (unpaired) electrons. The summed E-state index contributed by atoms with van der Waals surface area (Å²) in [4.78, 5) is 29.6. The highest BCUT2D eigenvalue weighted by atomic mass is 16.2. The topological polar surface area (TPSA) is 77.2 Å². The van der Waals surface area contributed by atoms with Gasteiger partial charge < -0.3 is 15.6 Å². The van der Waals surface area contributed by atoms with Gasteiger partial charge in [-0.2, -0.15) is 0 Å². The number of carbonyl (C=O) groups is 2. The summed E-state index contributed by atoms with van der Waals surface area (Å²) in [5.41, 5.74) is 1.53. The van der Waals surface area contributed by atoms with Gasteiger partial charge in [-0.1, -0.05) is 18.2 Å². The highest BCUT2D eigenvalue weighted by Gasteiger charge is 2.51. The molecular formula is C17H20N4O2. The molecule has 0 atom stereocenters. The Kier molecular flexibility index (Phi) is 3.34. The molecule has 6 nitrogen and oxygen atoms in total. The second-order valence-electron chi connectivity index (χ2n) is 6.33. The summed E-state index contributed by atoms with van der Waals surface area (Å²) in [6, 6.07) is 7.81. The number of H-pyrrole nitrogens is 1. The number of amides is 3. The van der Waals surface area contributed by atoms with Crippen LogP contribution in [0.2, 0.25) is 0 Å². The van der Waals surface area contributed by atoms with Crippen LogP contribution in [0.4, 0.5) is 4.79 Å². The Bertz CT molecular complexity index is 761. The molecule has 2 aromatic rings. The molecule has 0 saturated carbocycles. The van der Waals surface area contributed by atoms with Gasteiger partial charge in [0.1, 0.15) is 5.54 Å². The smallest absolute Gasteiger partial charge is 0.325 e. The van der Waals surface area contributed by atoms with Crippen LogP contribution in [0.3, 0.4) is 0 Å². The van der Waals surface area contributed by atoms with Crippen LogP contribution in [0.5, 0.6) is 0 Å². The van der Waals surface area contributed by atoms with E-state index >= 15 is 0 Å². The minimum absolute atomic E-state index is 0.0659. The summed E-state index contributed by atoms with van der Waals surface area (Å²) in [5, 5.41) is 7.31. The van der Waals surface area contributed by atoms with E-state index in [4.69, 9.17) is 0 Å². The Hall–Kier alpha value is -2.34. The number of nitrogens with one attached hydrogen (secondary N) is 3. The molecule has 2 saturated heterocycles. The van der Waals surface area contributed by atoms with Crippen LogP contribution < -0.4 is 10.6 Å².